The summed E-state index contributed by atoms with van der Waals surface area (Å²) >= 11 is 0. The number of aromatic amines is 1. The molecule has 1 aliphatic heterocycles. The summed E-state index contributed by atoms with van der Waals surface area (Å²) in [6.07, 6.45) is 8.27. The van der Waals surface area contributed by atoms with Crippen molar-refractivity contribution in [3.8, 4) is 0 Å². The monoisotopic (exact) mass is 169 g/mol. The van der Waals surface area contributed by atoms with Crippen molar-refractivity contribution in [2.75, 3.05) is 0 Å². The van der Waals surface area contributed by atoms with Crippen molar-refractivity contribution in [2.24, 2.45) is 4.40 Å². The number of nitrogens with zero attached hydrogens (tertiary/aromatic N) is 2. The molecule has 2 rings (SSSR count). The minimum Gasteiger partial charge on any atom is -0.351 e. The van der Waals surface area contributed by atoms with Gasteiger partial charge < -0.3 is 4.98 Å². The highest BCUT2D eigenvalue weighted by Gasteiger charge is 1.87. The van der Waals surface area contributed by atoms with E-state index in [-0.39, 0.29) is 0 Å². The average molecular weight is 169 g/mol. The summed E-state index contributed by atoms with van der Waals surface area (Å²) < 4.78 is 13.5. The van der Waals surface area contributed by atoms with Crippen molar-refractivity contribution in [3.63, 3.8) is 0 Å². The van der Waals surface area contributed by atoms with Gasteiger partial charge in [-0.1, -0.05) is 0 Å². The van der Waals surface area contributed by atoms with Crippen molar-refractivity contribution in [2.45, 2.75) is 0 Å². The van der Waals surface area contributed by atoms with Gasteiger partial charge in [-0.15, -0.1) is 0 Å². The molecule has 11 heavy (non-hydrogen) atoms. The summed E-state index contributed by atoms with van der Waals surface area (Å²) in [7, 11) is -1.03. The van der Waals surface area contributed by atoms with Gasteiger partial charge in [-0.25, -0.2) is 9.19 Å². The van der Waals surface area contributed by atoms with Gasteiger partial charge >= 0.3 is 0 Å². The standard InChI is InChI=1S/C3H4N2.C3H3NOS/c1-2-5-3-4-1;5-6-3-1-2-4-6/h1-3H,(H,4,5);1-3H. The van der Waals surface area contributed by atoms with Crippen molar-refractivity contribution >= 4 is 17.2 Å². The van der Waals surface area contributed by atoms with Crippen LogP contribution in [0.25, 0.3) is 0 Å². The van der Waals surface area contributed by atoms with Crippen LogP contribution >= 0.6 is 0 Å². The predicted octanol–water partition coefficient (Wildman–Crippen LogP) is 0.658. The highest BCUT2D eigenvalue weighted by molar-refractivity contribution is 7.87. The topological polar surface area (TPSA) is 58.1 Å². The van der Waals surface area contributed by atoms with Gasteiger partial charge in [-0.2, -0.15) is 4.40 Å². The molecule has 0 bridgehead atoms. The van der Waals surface area contributed by atoms with E-state index in [1.807, 2.05) is 0 Å². The Bertz CT molecular complexity index is 234. The van der Waals surface area contributed by atoms with Crippen LogP contribution in [0, 0.1) is 0 Å². The molecule has 5 heteroatoms. The number of hydrogen-bond donors (Lipinski definition) is 1. The van der Waals surface area contributed by atoms with E-state index in [4.69, 9.17) is 0 Å². The minimum atomic E-state index is -1.03. The van der Waals surface area contributed by atoms with Crippen molar-refractivity contribution < 1.29 is 4.21 Å². The predicted molar refractivity (Wildman–Crippen MR) is 44.4 cm³/mol. The van der Waals surface area contributed by atoms with Crippen LogP contribution in [-0.4, -0.2) is 20.4 Å². The third kappa shape index (κ3) is 3.47. The maximum Gasteiger partial charge on any atom is 0.165 e. The van der Waals surface area contributed by atoms with Crippen LogP contribution in [0.5, 0.6) is 0 Å². The molecule has 1 atom stereocenters. The minimum absolute atomic E-state index is 1.03. The van der Waals surface area contributed by atoms with Gasteiger partial charge in [0.25, 0.3) is 0 Å². The zero-order valence-electron chi connectivity index (χ0n) is 5.68. The number of allylic oxidation sites excluding steroid dienone is 1. The number of rotatable bonds is 0. The molecule has 58 valence electrons. The zero-order valence-corrected chi connectivity index (χ0v) is 6.49. The van der Waals surface area contributed by atoms with Crippen LogP contribution in [0.4, 0.5) is 0 Å². The fraction of sp³-hybridized carbons (Fsp3) is 0. The molecule has 1 aliphatic rings. The van der Waals surface area contributed by atoms with Crippen LogP contribution in [0.1, 0.15) is 0 Å². The lowest BCUT2D eigenvalue weighted by Crippen LogP contribution is -1.64. The molecule has 0 amide bonds. The van der Waals surface area contributed by atoms with E-state index in [1.165, 1.54) is 11.6 Å². The van der Waals surface area contributed by atoms with Gasteiger partial charge in [-0.3, -0.25) is 0 Å². The maximum atomic E-state index is 10.1. The van der Waals surface area contributed by atoms with E-state index in [0.29, 0.717) is 0 Å². The molecule has 1 aromatic rings. The first-order valence-corrected chi connectivity index (χ1v) is 4.11. The molecule has 0 spiro atoms. The molecular formula is C6H7N3OS. The van der Waals surface area contributed by atoms with Gasteiger partial charge in [0.1, 0.15) is 0 Å². The zero-order chi connectivity index (χ0) is 7.94. The van der Waals surface area contributed by atoms with Gasteiger partial charge in [0, 0.05) is 24.0 Å². The molecule has 0 aromatic carbocycles. The van der Waals surface area contributed by atoms with E-state index in [9.17, 15) is 4.21 Å². The normalized spacial score (nSPS) is 19.5. The van der Waals surface area contributed by atoms with E-state index in [0.717, 1.165) is 0 Å². The van der Waals surface area contributed by atoms with E-state index >= 15 is 0 Å². The number of hydrogen-bond acceptors (Lipinski definition) is 2. The van der Waals surface area contributed by atoms with Crippen LogP contribution in [0.2, 0.25) is 0 Å². The fourth-order valence-corrected chi connectivity index (χ4v) is 0.913. The second kappa shape index (κ2) is 4.56. The largest absolute Gasteiger partial charge is 0.351 e. The summed E-state index contributed by atoms with van der Waals surface area (Å²) in [6, 6.07) is 0. The summed E-state index contributed by atoms with van der Waals surface area (Å²) in [5.74, 6) is 0. The molecule has 4 nitrogen and oxygen atoms in total. The second-order valence-corrected chi connectivity index (χ2v) is 2.66. The van der Waals surface area contributed by atoms with Crippen molar-refractivity contribution in [3.05, 3.63) is 30.2 Å². The van der Waals surface area contributed by atoms with Gasteiger partial charge in [0.15, 0.2) is 11.0 Å². The Labute approximate surface area is 66.7 Å². The SMILES string of the molecule is O=S1C=CC=N1.c1c[nH]cn1. The number of H-pyrrole nitrogens is 1. The lowest BCUT2D eigenvalue weighted by molar-refractivity contribution is 0.690. The molecule has 1 aromatic heterocycles. The second-order valence-electron chi connectivity index (χ2n) is 1.62. The third-order valence-corrected chi connectivity index (χ3v) is 1.57. The van der Waals surface area contributed by atoms with Crippen LogP contribution in [0.15, 0.2) is 34.6 Å². The molecule has 0 radical (unpaired) electrons. The van der Waals surface area contributed by atoms with Crippen LogP contribution in [0.3, 0.4) is 0 Å². The molecular weight excluding hydrogens is 162 g/mol. The number of aromatic nitrogens is 2. The third-order valence-electron chi connectivity index (χ3n) is 0.852. The first-order chi connectivity index (χ1) is 5.39. The molecule has 1 N–H and O–H groups in total. The molecule has 0 saturated heterocycles. The molecule has 0 aliphatic carbocycles. The van der Waals surface area contributed by atoms with Gasteiger partial charge in [0.05, 0.1) is 6.33 Å². The van der Waals surface area contributed by atoms with E-state index < -0.39 is 11.0 Å². The highest BCUT2D eigenvalue weighted by Crippen LogP contribution is 1.90. The quantitative estimate of drug-likeness (QED) is 0.620. The van der Waals surface area contributed by atoms with Crippen molar-refractivity contribution in [1.29, 1.82) is 0 Å². The Balaban J connectivity index is 0.000000112. The lowest BCUT2D eigenvalue weighted by atomic mass is 10.7. The van der Waals surface area contributed by atoms with Gasteiger partial charge in [-0.05, 0) is 6.08 Å². The molecule has 1 unspecified atom stereocenters. The Morgan fingerprint density at radius 1 is 1.45 bits per heavy atom. The first-order valence-electron chi connectivity index (χ1n) is 2.94. The molecule has 2 heterocycles. The first kappa shape index (κ1) is 7.87. The smallest absolute Gasteiger partial charge is 0.165 e. The van der Waals surface area contributed by atoms with Crippen LogP contribution in [-0.2, 0) is 11.0 Å². The lowest BCUT2D eigenvalue weighted by Gasteiger charge is -1.65. The number of imidazole rings is 1. The maximum absolute atomic E-state index is 10.1. The van der Waals surface area contributed by atoms with Crippen LogP contribution < -0.4 is 0 Å². The Hall–Kier alpha value is -1.23. The number of nitrogens with one attached hydrogen (secondary N) is 1. The van der Waals surface area contributed by atoms with Gasteiger partial charge in [0.2, 0.25) is 0 Å². The summed E-state index contributed by atoms with van der Waals surface area (Å²) in [6.45, 7) is 0. The fourth-order valence-electron chi connectivity index (χ4n) is 0.448. The van der Waals surface area contributed by atoms with E-state index in [1.54, 1.807) is 24.8 Å². The Morgan fingerprint density at radius 3 is 2.55 bits per heavy atom. The summed E-state index contributed by atoms with van der Waals surface area (Å²) in [5, 5.41) is 1.53. The highest BCUT2D eigenvalue weighted by atomic mass is 32.2. The molecule has 0 saturated carbocycles. The Kier molecular flexibility index (Phi) is 3.27. The Morgan fingerprint density at radius 2 is 2.36 bits per heavy atom. The van der Waals surface area contributed by atoms with Crippen molar-refractivity contribution in [1.82, 2.24) is 9.97 Å². The molecule has 0 fully saturated rings. The summed E-state index contributed by atoms with van der Waals surface area (Å²) in [4.78, 5) is 6.42. The average Bonchev–Trinajstić information content (AvgIpc) is 2.57. The summed E-state index contributed by atoms with van der Waals surface area (Å²) in [5.41, 5.74) is 0. The van der Waals surface area contributed by atoms with E-state index in [2.05, 4.69) is 14.4 Å².